The first-order chi connectivity index (χ1) is 15.6. The molecule has 1 aromatic heterocycles. The number of hydrogen-bond donors (Lipinski definition) is 1. The monoisotopic (exact) mass is 465 g/mol. The van der Waals surface area contributed by atoms with Crippen molar-refractivity contribution in [2.24, 2.45) is 11.3 Å². The molecule has 1 N–H and O–H groups in total. The van der Waals surface area contributed by atoms with E-state index in [-0.39, 0.29) is 12.6 Å². The number of nitrogens with zero attached hydrogens (tertiary/aromatic N) is 3. The molecule has 2 fully saturated rings. The molecular weight excluding hydrogens is 426 g/mol. The van der Waals surface area contributed by atoms with E-state index in [0.717, 1.165) is 69.3 Å². The molecule has 32 heavy (non-hydrogen) atoms. The van der Waals surface area contributed by atoms with Crippen LogP contribution in [0.5, 0.6) is 0 Å². The average molecular weight is 466 g/mol. The first-order valence-corrected chi connectivity index (χ1v) is 13.2. The van der Waals surface area contributed by atoms with Crippen LogP contribution in [0.3, 0.4) is 0 Å². The summed E-state index contributed by atoms with van der Waals surface area (Å²) >= 11 is 1.48. The van der Waals surface area contributed by atoms with Gasteiger partial charge in [0, 0.05) is 25.4 Å². The number of unbranched alkanes of at least 4 members (excludes halogenated alkanes) is 1. The third-order valence-electron chi connectivity index (χ3n) is 6.84. The number of ether oxygens (including phenoxy) is 2. The van der Waals surface area contributed by atoms with Gasteiger partial charge >= 0.3 is 5.97 Å². The van der Waals surface area contributed by atoms with Crippen molar-refractivity contribution in [3.05, 3.63) is 11.9 Å². The maximum Gasteiger partial charge on any atom is 0.306 e. The Bertz CT molecular complexity index is 717. The fourth-order valence-electron chi connectivity index (χ4n) is 4.50. The molecule has 0 amide bonds. The number of aromatic nitrogens is 2. The van der Waals surface area contributed by atoms with Gasteiger partial charge in [-0.1, -0.05) is 33.1 Å². The fraction of sp³-hybridized carbons (Fsp3) is 0.792. The molecule has 0 aliphatic carbocycles. The Morgan fingerprint density at radius 2 is 2.16 bits per heavy atom. The van der Waals surface area contributed by atoms with Crippen LogP contribution in [0.4, 0.5) is 5.82 Å². The summed E-state index contributed by atoms with van der Waals surface area (Å²) in [4.78, 5) is 23.5. The van der Waals surface area contributed by atoms with Gasteiger partial charge in [0.2, 0.25) is 0 Å². The Kier molecular flexibility index (Phi) is 10.1. The summed E-state index contributed by atoms with van der Waals surface area (Å²) in [5.41, 5.74) is 0.943. The highest BCUT2D eigenvalue weighted by molar-refractivity contribution is 7.99. The molecular formula is C24H39N3O4S. The van der Waals surface area contributed by atoms with Gasteiger partial charge in [0.05, 0.1) is 32.4 Å². The van der Waals surface area contributed by atoms with Gasteiger partial charge in [-0.3, -0.25) is 4.79 Å². The number of hydrogen-bond acceptors (Lipinski definition) is 8. The second-order valence-electron chi connectivity index (χ2n) is 9.12. The number of piperidine rings is 1. The normalized spacial score (nSPS) is 18.8. The van der Waals surface area contributed by atoms with Crippen molar-refractivity contribution in [3.8, 4) is 0 Å². The molecule has 3 rings (SSSR count). The first kappa shape index (κ1) is 25.2. The minimum Gasteiger partial charge on any atom is -0.465 e. The van der Waals surface area contributed by atoms with E-state index < -0.39 is 0 Å². The van der Waals surface area contributed by atoms with E-state index in [4.69, 9.17) is 9.47 Å². The van der Waals surface area contributed by atoms with Crippen LogP contribution >= 0.6 is 11.8 Å². The van der Waals surface area contributed by atoms with Crippen LogP contribution < -0.4 is 4.90 Å². The highest BCUT2D eigenvalue weighted by Crippen LogP contribution is 2.40. The van der Waals surface area contributed by atoms with Gasteiger partial charge in [0.15, 0.2) is 5.82 Å². The van der Waals surface area contributed by atoms with Crippen LogP contribution in [-0.4, -0.2) is 59.7 Å². The van der Waals surface area contributed by atoms with Crippen molar-refractivity contribution >= 4 is 23.5 Å². The van der Waals surface area contributed by atoms with Crippen molar-refractivity contribution in [1.29, 1.82) is 0 Å². The zero-order valence-electron chi connectivity index (χ0n) is 19.7. The number of carbonyl (C=O) groups is 1. The molecule has 0 saturated carbocycles. The fourth-order valence-corrected chi connectivity index (χ4v) is 5.28. The molecule has 8 heteroatoms. The zero-order valence-corrected chi connectivity index (χ0v) is 20.5. The maximum atomic E-state index is 12.1. The topological polar surface area (TPSA) is 84.8 Å². The molecule has 2 aliphatic rings. The molecule has 0 bridgehead atoms. The Morgan fingerprint density at radius 3 is 2.81 bits per heavy atom. The standard InChI is InChI=1S/C24H39N3O4S/c1-3-5-6-19(4-2)17-31-22(29)7-14-32-21-15-25-23(20(16-28)26-21)27-11-8-24(9-12-27)10-13-30-18-24/h15,19,28H,3-14,16-18H2,1-2H3. The first-order valence-electron chi connectivity index (χ1n) is 12.2. The quantitative estimate of drug-likeness (QED) is 0.363. The Balaban J connectivity index is 1.44. The summed E-state index contributed by atoms with van der Waals surface area (Å²) in [5, 5.41) is 10.6. The summed E-state index contributed by atoms with van der Waals surface area (Å²) in [6, 6.07) is 0. The van der Waals surface area contributed by atoms with Gasteiger partial charge in [-0.2, -0.15) is 0 Å². The smallest absolute Gasteiger partial charge is 0.306 e. The molecule has 1 unspecified atom stereocenters. The lowest BCUT2D eigenvalue weighted by Gasteiger charge is -2.39. The van der Waals surface area contributed by atoms with Gasteiger partial charge in [0.25, 0.3) is 0 Å². The van der Waals surface area contributed by atoms with Crippen molar-refractivity contribution in [3.63, 3.8) is 0 Å². The predicted octanol–water partition coefficient (Wildman–Crippen LogP) is 4.22. The largest absolute Gasteiger partial charge is 0.465 e. The average Bonchev–Trinajstić information content (AvgIpc) is 3.27. The van der Waals surface area contributed by atoms with Gasteiger partial charge in [-0.25, -0.2) is 9.97 Å². The summed E-state index contributed by atoms with van der Waals surface area (Å²) in [6.07, 6.45) is 9.95. The Hall–Kier alpha value is -1.38. The second-order valence-corrected chi connectivity index (χ2v) is 10.2. The molecule has 1 atom stereocenters. The Labute approximate surface area is 196 Å². The minimum atomic E-state index is -0.155. The molecule has 180 valence electrons. The third-order valence-corrected chi connectivity index (χ3v) is 7.74. The summed E-state index contributed by atoms with van der Waals surface area (Å²) in [6.45, 7) is 8.29. The summed E-state index contributed by atoms with van der Waals surface area (Å²) in [7, 11) is 0. The highest BCUT2D eigenvalue weighted by Gasteiger charge is 2.38. The predicted molar refractivity (Wildman–Crippen MR) is 127 cm³/mol. The van der Waals surface area contributed by atoms with E-state index in [9.17, 15) is 9.90 Å². The van der Waals surface area contributed by atoms with E-state index >= 15 is 0 Å². The number of aliphatic hydroxyl groups excluding tert-OH is 1. The molecule has 3 heterocycles. The zero-order chi connectivity index (χ0) is 22.8. The van der Waals surface area contributed by atoms with Crippen molar-refractivity contribution in [2.75, 3.05) is 43.6 Å². The molecule has 1 spiro atoms. The highest BCUT2D eigenvalue weighted by atomic mass is 32.2. The van der Waals surface area contributed by atoms with E-state index in [1.54, 1.807) is 6.20 Å². The Morgan fingerprint density at radius 1 is 1.34 bits per heavy atom. The van der Waals surface area contributed by atoms with Crippen LogP contribution in [0.2, 0.25) is 0 Å². The van der Waals surface area contributed by atoms with Crippen molar-refractivity contribution in [2.45, 2.75) is 76.8 Å². The van der Waals surface area contributed by atoms with E-state index in [1.165, 1.54) is 24.6 Å². The molecule has 0 aromatic carbocycles. The summed E-state index contributed by atoms with van der Waals surface area (Å²) in [5.74, 6) is 1.68. The molecule has 1 aromatic rings. The molecule has 2 aliphatic heterocycles. The SMILES string of the molecule is CCCCC(CC)COC(=O)CCSc1cnc(N2CCC3(CCOC3)CC2)c(CO)n1. The third kappa shape index (κ3) is 7.06. The number of carbonyl (C=O) groups excluding carboxylic acids is 1. The van der Waals surface area contributed by atoms with Gasteiger partial charge in [0.1, 0.15) is 10.7 Å². The van der Waals surface area contributed by atoms with Crippen LogP contribution in [0, 0.1) is 11.3 Å². The van der Waals surface area contributed by atoms with E-state index in [0.29, 0.717) is 35.8 Å². The van der Waals surface area contributed by atoms with Crippen LogP contribution in [0.25, 0.3) is 0 Å². The molecule has 0 radical (unpaired) electrons. The number of aliphatic hydroxyl groups is 1. The maximum absolute atomic E-state index is 12.1. The van der Waals surface area contributed by atoms with Crippen LogP contribution in [0.1, 0.15) is 70.9 Å². The summed E-state index contributed by atoms with van der Waals surface area (Å²) < 4.78 is 11.1. The lowest BCUT2D eigenvalue weighted by atomic mass is 9.78. The van der Waals surface area contributed by atoms with Gasteiger partial charge in [-0.05, 0) is 37.0 Å². The lowest BCUT2D eigenvalue weighted by Crippen LogP contribution is -2.41. The van der Waals surface area contributed by atoms with E-state index in [1.807, 2.05) is 0 Å². The molecule has 2 saturated heterocycles. The van der Waals surface area contributed by atoms with Crippen LogP contribution in [0.15, 0.2) is 11.2 Å². The van der Waals surface area contributed by atoms with Gasteiger partial charge in [-0.15, -0.1) is 11.8 Å². The number of rotatable bonds is 12. The van der Waals surface area contributed by atoms with Gasteiger partial charge < -0.3 is 19.5 Å². The van der Waals surface area contributed by atoms with Crippen molar-refractivity contribution < 1.29 is 19.4 Å². The van der Waals surface area contributed by atoms with Crippen molar-refractivity contribution in [1.82, 2.24) is 9.97 Å². The number of esters is 1. The molecule has 7 nitrogen and oxygen atoms in total. The number of anilines is 1. The second kappa shape index (κ2) is 12.8. The van der Waals surface area contributed by atoms with E-state index in [2.05, 4.69) is 28.7 Å². The minimum absolute atomic E-state index is 0.139. The lowest BCUT2D eigenvalue weighted by molar-refractivity contribution is -0.144. The van der Waals surface area contributed by atoms with Crippen LogP contribution in [-0.2, 0) is 20.9 Å². The number of thioether (sulfide) groups is 1.